The van der Waals surface area contributed by atoms with E-state index in [2.05, 4.69) is 10.1 Å². The number of hydrogen-bond donors (Lipinski definition) is 1. The molecule has 0 atom stereocenters. The number of benzene rings is 1. The molecule has 0 saturated heterocycles. The molecule has 21 heavy (non-hydrogen) atoms. The Kier molecular flexibility index (Phi) is 4.94. The molecule has 0 fully saturated rings. The van der Waals surface area contributed by atoms with Crippen LogP contribution in [0.15, 0.2) is 38.6 Å². The van der Waals surface area contributed by atoms with Gasteiger partial charge < -0.3 is 14.2 Å². The molecule has 0 aliphatic carbocycles. The Morgan fingerprint density at radius 2 is 2.05 bits per heavy atom. The maximum atomic E-state index is 11.7. The second kappa shape index (κ2) is 6.90. The number of nitrogens with one attached hydrogen (secondary N) is 1. The summed E-state index contributed by atoms with van der Waals surface area (Å²) < 4.78 is 9.99. The lowest BCUT2D eigenvalue weighted by atomic mass is 10.1. The summed E-state index contributed by atoms with van der Waals surface area (Å²) in [4.78, 5) is 18.0. The van der Waals surface area contributed by atoms with Gasteiger partial charge in [-0.1, -0.05) is 0 Å². The average molecular weight is 289 g/mol. The summed E-state index contributed by atoms with van der Waals surface area (Å²) in [6.45, 7) is 1.45. The smallest absolute Gasteiger partial charge is 0.366 e. The molecule has 1 N–H and O–H groups in total. The van der Waals surface area contributed by atoms with Gasteiger partial charge in [-0.25, -0.2) is 9.95 Å². The van der Waals surface area contributed by atoms with Crippen LogP contribution in [0.5, 0.6) is 5.75 Å². The summed E-state index contributed by atoms with van der Waals surface area (Å²) in [6.07, 6.45) is 1.56. The van der Waals surface area contributed by atoms with E-state index in [1.54, 1.807) is 13.3 Å². The fraction of sp³-hybridized carbons (Fsp3) is 0.333. The Hall–Kier alpha value is -2.34. The Bertz CT molecular complexity index is 654. The number of likely N-dealkylation sites (N-methyl/N-ethyl adjacent to an activating group) is 1. The fourth-order valence-electron chi connectivity index (χ4n) is 1.81. The van der Waals surface area contributed by atoms with Crippen LogP contribution in [0.3, 0.4) is 0 Å². The van der Waals surface area contributed by atoms with E-state index in [4.69, 9.17) is 9.26 Å². The van der Waals surface area contributed by atoms with Crippen molar-refractivity contribution in [3.63, 3.8) is 0 Å². The van der Waals surface area contributed by atoms with Crippen LogP contribution in [-0.4, -0.2) is 50.6 Å². The summed E-state index contributed by atoms with van der Waals surface area (Å²) in [7, 11) is 5.56. The Labute approximate surface area is 123 Å². The molecule has 112 valence electrons. The summed E-state index contributed by atoms with van der Waals surface area (Å²) >= 11 is 0. The zero-order valence-electron chi connectivity index (χ0n) is 12.4. The van der Waals surface area contributed by atoms with Crippen molar-refractivity contribution in [2.24, 2.45) is 4.99 Å². The fourth-order valence-corrected chi connectivity index (χ4v) is 1.81. The second-order valence-corrected chi connectivity index (χ2v) is 4.85. The minimum atomic E-state index is -0.422. The van der Waals surface area contributed by atoms with Gasteiger partial charge in [0.05, 0.1) is 19.3 Å². The van der Waals surface area contributed by atoms with Crippen molar-refractivity contribution in [2.45, 2.75) is 0 Å². The number of hydrogen-bond acceptors (Lipinski definition) is 5. The van der Waals surface area contributed by atoms with E-state index >= 15 is 0 Å². The van der Waals surface area contributed by atoms with Gasteiger partial charge in [0.15, 0.2) is 0 Å². The zero-order chi connectivity index (χ0) is 15.2. The van der Waals surface area contributed by atoms with E-state index in [9.17, 15) is 4.79 Å². The molecule has 1 heterocycles. The molecule has 0 saturated carbocycles. The maximum absolute atomic E-state index is 11.7. The number of aliphatic imine (C=N–C) groups is 1. The van der Waals surface area contributed by atoms with E-state index in [1.165, 1.54) is 0 Å². The third kappa shape index (κ3) is 3.82. The highest BCUT2D eigenvalue weighted by atomic mass is 16.5. The van der Waals surface area contributed by atoms with E-state index < -0.39 is 5.63 Å². The summed E-state index contributed by atoms with van der Waals surface area (Å²) in [6, 6.07) is 7.37. The highest BCUT2D eigenvalue weighted by Crippen LogP contribution is 2.21. The quantitative estimate of drug-likeness (QED) is 0.820. The highest BCUT2D eigenvalue weighted by Gasteiger charge is 2.12. The minimum Gasteiger partial charge on any atom is -0.497 e. The minimum absolute atomic E-state index is 0.422. The Balaban J connectivity index is 2.22. The molecule has 6 nitrogen and oxygen atoms in total. The second-order valence-electron chi connectivity index (χ2n) is 4.85. The summed E-state index contributed by atoms with van der Waals surface area (Å²) in [5.74, 6) is 0.755. The van der Waals surface area contributed by atoms with Gasteiger partial charge in [-0.05, 0) is 38.4 Å². The Morgan fingerprint density at radius 1 is 1.33 bits per heavy atom. The van der Waals surface area contributed by atoms with Gasteiger partial charge in [0.1, 0.15) is 11.3 Å². The lowest BCUT2D eigenvalue weighted by Gasteiger charge is -2.05. The van der Waals surface area contributed by atoms with Crippen LogP contribution in [0.2, 0.25) is 0 Å². The van der Waals surface area contributed by atoms with Gasteiger partial charge >= 0.3 is 5.63 Å². The highest BCUT2D eigenvalue weighted by molar-refractivity contribution is 5.88. The average Bonchev–Trinajstić information content (AvgIpc) is 2.85. The van der Waals surface area contributed by atoms with Crippen molar-refractivity contribution in [1.82, 2.24) is 10.1 Å². The molecule has 0 aliphatic heterocycles. The van der Waals surface area contributed by atoms with Crippen molar-refractivity contribution in [1.29, 1.82) is 0 Å². The first-order chi connectivity index (χ1) is 10.1. The number of nitrogens with zero attached hydrogens (tertiary/aromatic N) is 2. The van der Waals surface area contributed by atoms with Crippen molar-refractivity contribution in [3.8, 4) is 17.0 Å². The van der Waals surface area contributed by atoms with Crippen LogP contribution in [0.4, 0.5) is 0 Å². The van der Waals surface area contributed by atoms with Gasteiger partial charge in [-0.2, -0.15) is 0 Å². The maximum Gasteiger partial charge on any atom is 0.366 e. The molecule has 0 radical (unpaired) electrons. The van der Waals surface area contributed by atoms with Gasteiger partial charge in [0.2, 0.25) is 0 Å². The third-order valence-electron chi connectivity index (χ3n) is 3.01. The normalized spacial score (nSPS) is 11.4. The number of aromatic amines is 1. The first-order valence-electron chi connectivity index (χ1n) is 6.62. The molecule has 2 rings (SSSR count). The van der Waals surface area contributed by atoms with E-state index in [1.807, 2.05) is 43.3 Å². The van der Waals surface area contributed by atoms with Gasteiger partial charge in [-0.15, -0.1) is 0 Å². The zero-order valence-corrected chi connectivity index (χ0v) is 12.4. The lowest BCUT2D eigenvalue weighted by molar-refractivity contribution is 0.393. The van der Waals surface area contributed by atoms with Crippen LogP contribution in [0.25, 0.3) is 11.3 Å². The molecule has 0 bridgehead atoms. The lowest BCUT2D eigenvalue weighted by Crippen LogP contribution is -2.15. The summed E-state index contributed by atoms with van der Waals surface area (Å²) in [5.41, 5.74) is 1.47. The molecule has 1 aromatic carbocycles. The largest absolute Gasteiger partial charge is 0.497 e. The number of methoxy groups -OCH3 is 1. The molecular weight excluding hydrogens is 270 g/mol. The predicted molar refractivity (Wildman–Crippen MR) is 82.3 cm³/mol. The van der Waals surface area contributed by atoms with E-state index in [0.717, 1.165) is 17.9 Å². The van der Waals surface area contributed by atoms with Gasteiger partial charge in [-0.3, -0.25) is 4.99 Å². The van der Waals surface area contributed by atoms with Crippen LogP contribution in [-0.2, 0) is 0 Å². The Morgan fingerprint density at radius 3 is 2.67 bits per heavy atom. The van der Waals surface area contributed by atoms with Gasteiger partial charge in [0, 0.05) is 18.3 Å². The number of aromatic nitrogens is 1. The molecule has 1 aromatic heterocycles. The number of rotatable bonds is 6. The molecule has 0 aliphatic rings. The van der Waals surface area contributed by atoms with Crippen molar-refractivity contribution in [2.75, 3.05) is 34.3 Å². The third-order valence-corrected chi connectivity index (χ3v) is 3.01. The molecular formula is C15H19N3O3. The molecule has 0 amide bonds. The summed E-state index contributed by atoms with van der Waals surface area (Å²) in [5, 5.41) is 2.65. The molecule has 6 heteroatoms. The predicted octanol–water partition coefficient (Wildman–Crippen LogP) is 1.62. The molecule has 2 aromatic rings. The van der Waals surface area contributed by atoms with E-state index in [0.29, 0.717) is 17.8 Å². The molecule has 0 unspecified atom stereocenters. The van der Waals surface area contributed by atoms with Crippen LogP contribution in [0, 0.1) is 0 Å². The van der Waals surface area contributed by atoms with Crippen molar-refractivity contribution < 1.29 is 9.26 Å². The van der Waals surface area contributed by atoms with E-state index in [-0.39, 0.29) is 0 Å². The van der Waals surface area contributed by atoms with Crippen LogP contribution >= 0.6 is 0 Å². The first-order valence-corrected chi connectivity index (χ1v) is 6.62. The van der Waals surface area contributed by atoms with Crippen LogP contribution in [0.1, 0.15) is 5.56 Å². The molecule has 0 spiro atoms. The van der Waals surface area contributed by atoms with Crippen LogP contribution < -0.4 is 10.4 Å². The monoisotopic (exact) mass is 289 g/mol. The number of H-pyrrole nitrogens is 1. The van der Waals surface area contributed by atoms with Crippen molar-refractivity contribution in [3.05, 3.63) is 40.2 Å². The SMILES string of the molecule is COc1ccc(-c2[nH]oc(=O)c2C=NCCN(C)C)cc1. The topological polar surface area (TPSA) is 70.8 Å². The van der Waals surface area contributed by atoms with Crippen molar-refractivity contribution >= 4 is 6.21 Å². The first kappa shape index (κ1) is 15.1. The van der Waals surface area contributed by atoms with Gasteiger partial charge in [0.25, 0.3) is 0 Å². The number of ether oxygens (including phenoxy) is 1. The standard InChI is InChI=1S/C15H19N3O3/c1-18(2)9-8-16-10-13-14(17-21-15(13)19)11-4-6-12(20-3)7-5-11/h4-7,10,17H,8-9H2,1-3H3.